The van der Waals surface area contributed by atoms with Crippen LogP contribution in [0.1, 0.15) is 50.4 Å². The molecular formula is C16H21NO3. The molecule has 0 spiro atoms. The summed E-state index contributed by atoms with van der Waals surface area (Å²) in [4.78, 5) is 15.4. The molecule has 2 fully saturated rings. The lowest BCUT2D eigenvalue weighted by atomic mass is 9.70. The number of fused-ring (bicyclic) bond motifs is 2. The summed E-state index contributed by atoms with van der Waals surface area (Å²) in [5, 5.41) is 9.22. The molecule has 4 nitrogen and oxygen atoms in total. The third-order valence-electron chi connectivity index (χ3n) is 5.97. The Hall–Kier alpha value is -1.58. The quantitative estimate of drug-likeness (QED) is 0.918. The number of carboxylic acid groups (broad SMARTS) is 1. The van der Waals surface area contributed by atoms with Gasteiger partial charge in [-0.25, -0.2) is 9.78 Å². The van der Waals surface area contributed by atoms with E-state index in [1.165, 1.54) is 6.42 Å². The van der Waals surface area contributed by atoms with Gasteiger partial charge in [0.2, 0.25) is 5.88 Å². The van der Waals surface area contributed by atoms with E-state index < -0.39 is 5.97 Å². The van der Waals surface area contributed by atoms with Crippen molar-refractivity contribution in [1.82, 2.24) is 4.98 Å². The van der Waals surface area contributed by atoms with Crippen LogP contribution in [0.5, 0.6) is 5.88 Å². The Labute approximate surface area is 119 Å². The molecule has 0 aliphatic heterocycles. The van der Waals surface area contributed by atoms with Crippen molar-refractivity contribution in [3.8, 4) is 5.88 Å². The minimum absolute atomic E-state index is 0.0595. The van der Waals surface area contributed by atoms with E-state index in [1.54, 1.807) is 18.3 Å². The van der Waals surface area contributed by atoms with Crippen molar-refractivity contribution in [2.45, 2.75) is 46.1 Å². The van der Waals surface area contributed by atoms with Gasteiger partial charge in [-0.2, -0.15) is 0 Å². The topological polar surface area (TPSA) is 59.4 Å². The van der Waals surface area contributed by atoms with Gasteiger partial charge in [-0.1, -0.05) is 20.8 Å². The Bertz CT molecular complexity index is 554. The normalized spacial score (nSPS) is 34.1. The highest BCUT2D eigenvalue weighted by Crippen LogP contribution is 2.66. The highest BCUT2D eigenvalue weighted by Gasteiger charge is 2.62. The van der Waals surface area contributed by atoms with Gasteiger partial charge in [-0.3, -0.25) is 0 Å². The van der Waals surface area contributed by atoms with E-state index in [4.69, 9.17) is 4.74 Å². The van der Waals surface area contributed by atoms with Gasteiger partial charge >= 0.3 is 5.97 Å². The predicted octanol–water partition coefficient (Wildman–Crippen LogP) is 3.37. The molecule has 20 heavy (non-hydrogen) atoms. The highest BCUT2D eigenvalue weighted by atomic mass is 16.5. The number of nitrogens with zero attached hydrogens (tertiary/aromatic N) is 1. The van der Waals surface area contributed by atoms with Crippen LogP contribution in [-0.4, -0.2) is 22.2 Å². The summed E-state index contributed by atoms with van der Waals surface area (Å²) in [6, 6.07) is 3.17. The van der Waals surface area contributed by atoms with Crippen LogP contribution in [0.25, 0.3) is 0 Å². The van der Waals surface area contributed by atoms with Gasteiger partial charge in [0.1, 0.15) is 11.7 Å². The Morgan fingerprint density at radius 2 is 2.20 bits per heavy atom. The van der Waals surface area contributed by atoms with E-state index in [-0.39, 0.29) is 28.4 Å². The maximum atomic E-state index is 11.2. The van der Waals surface area contributed by atoms with E-state index in [0.29, 0.717) is 5.92 Å². The number of hydrogen-bond donors (Lipinski definition) is 1. The van der Waals surface area contributed by atoms with Crippen LogP contribution >= 0.6 is 0 Å². The highest BCUT2D eigenvalue weighted by molar-refractivity contribution is 5.90. The van der Waals surface area contributed by atoms with Crippen LogP contribution in [0, 0.1) is 16.7 Å². The summed E-state index contributed by atoms with van der Waals surface area (Å²) >= 11 is 0. The lowest BCUT2D eigenvalue weighted by Gasteiger charge is -2.38. The summed E-state index contributed by atoms with van der Waals surface area (Å²) < 4.78 is 6.05. The van der Waals surface area contributed by atoms with Crippen molar-refractivity contribution < 1.29 is 14.6 Å². The number of aromatic carboxylic acids is 1. The zero-order valence-corrected chi connectivity index (χ0v) is 12.2. The second-order valence-electron chi connectivity index (χ2n) is 6.88. The van der Waals surface area contributed by atoms with Crippen molar-refractivity contribution in [2.24, 2.45) is 16.7 Å². The van der Waals surface area contributed by atoms with Gasteiger partial charge in [-0.15, -0.1) is 0 Å². The van der Waals surface area contributed by atoms with Crippen molar-refractivity contribution >= 4 is 5.97 Å². The zero-order valence-electron chi connectivity index (χ0n) is 12.2. The number of aromatic nitrogens is 1. The molecule has 2 saturated carbocycles. The second kappa shape index (κ2) is 4.21. The van der Waals surface area contributed by atoms with E-state index in [0.717, 1.165) is 12.8 Å². The fraction of sp³-hybridized carbons (Fsp3) is 0.625. The maximum Gasteiger partial charge on any atom is 0.341 e. The molecule has 108 valence electrons. The molecule has 0 saturated heterocycles. The minimum atomic E-state index is -0.985. The van der Waals surface area contributed by atoms with E-state index in [9.17, 15) is 9.90 Å². The minimum Gasteiger partial charge on any atom is -0.477 e. The number of carboxylic acids is 1. The monoisotopic (exact) mass is 275 g/mol. The van der Waals surface area contributed by atoms with E-state index in [1.807, 2.05) is 0 Å². The molecule has 2 aliphatic rings. The van der Waals surface area contributed by atoms with Crippen LogP contribution in [0.3, 0.4) is 0 Å². The summed E-state index contributed by atoms with van der Waals surface area (Å²) in [7, 11) is 0. The first-order chi connectivity index (χ1) is 9.36. The Balaban J connectivity index is 1.89. The lowest BCUT2D eigenvalue weighted by Crippen LogP contribution is -2.39. The van der Waals surface area contributed by atoms with Crippen LogP contribution in [-0.2, 0) is 0 Å². The molecule has 0 aromatic carbocycles. The van der Waals surface area contributed by atoms with Gasteiger partial charge in [0.15, 0.2) is 0 Å². The lowest BCUT2D eigenvalue weighted by molar-refractivity contribution is 0.0259. The zero-order chi connectivity index (χ0) is 14.5. The molecule has 1 aromatic rings. The van der Waals surface area contributed by atoms with Gasteiger partial charge in [-0.05, 0) is 42.7 Å². The van der Waals surface area contributed by atoms with Crippen LogP contribution in [0.2, 0.25) is 0 Å². The fourth-order valence-corrected chi connectivity index (χ4v) is 4.09. The first-order valence-corrected chi connectivity index (χ1v) is 7.21. The average Bonchev–Trinajstić information content (AvgIpc) is 2.72. The molecular weight excluding hydrogens is 254 g/mol. The number of ether oxygens (including phenoxy) is 1. The molecule has 3 rings (SSSR count). The van der Waals surface area contributed by atoms with Crippen LogP contribution in [0.4, 0.5) is 0 Å². The van der Waals surface area contributed by atoms with Gasteiger partial charge in [0.05, 0.1) is 0 Å². The van der Waals surface area contributed by atoms with Crippen molar-refractivity contribution in [2.75, 3.05) is 0 Å². The molecule has 2 aliphatic carbocycles. The number of hydrogen-bond acceptors (Lipinski definition) is 3. The molecule has 2 bridgehead atoms. The first-order valence-electron chi connectivity index (χ1n) is 7.21. The number of pyridine rings is 1. The molecule has 1 heterocycles. The standard InChI is InChI=1S/C16H21NO3/c1-15(2)10-6-7-16(15,3)12(9-10)20-13-11(14(18)19)5-4-8-17-13/h4-5,8,10,12H,6-7,9H2,1-3H3,(H,18,19). The fourth-order valence-electron chi connectivity index (χ4n) is 4.09. The van der Waals surface area contributed by atoms with Crippen LogP contribution in [0.15, 0.2) is 18.3 Å². The number of rotatable bonds is 3. The summed E-state index contributed by atoms with van der Waals surface area (Å²) in [5.41, 5.74) is 0.498. The van der Waals surface area contributed by atoms with Crippen LogP contribution < -0.4 is 4.74 Å². The number of carbonyl (C=O) groups is 1. The summed E-state index contributed by atoms with van der Waals surface area (Å²) in [6.07, 6.45) is 5.04. The summed E-state index contributed by atoms with van der Waals surface area (Å²) in [5.74, 6) is -0.0651. The molecule has 3 atom stereocenters. The van der Waals surface area contributed by atoms with Crippen molar-refractivity contribution in [3.05, 3.63) is 23.9 Å². The van der Waals surface area contributed by atoms with Gasteiger partial charge in [0, 0.05) is 11.6 Å². The molecule has 3 unspecified atom stereocenters. The SMILES string of the molecule is CC1(C)C2CCC1(C)C(Oc1ncccc1C(=O)O)C2. The van der Waals surface area contributed by atoms with Crippen molar-refractivity contribution in [1.29, 1.82) is 0 Å². The van der Waals surface area contributed by atoms with E-state index >= 15 is 0 Å². The molecule has 1 aromatic heterocycles. The average molecular weight is 275 g/mol. The Morgan fingerprint density at radius 1 is 1.45 bits per heavy atom. The maximum absolute atomic E-state index is 11.2. The van der Waals surface area contributed by atoms with Gasteiger partial charge < -0.3 is 9.84 Å². The molecule has 1 N–H and O–H groups in total. The second-order valence-corrected chi connectivity index (χ2v) is 6.88. The Morgan fingerprint density at radius 3 is 2.75 bits per heavy atom. The molecule has 0 amide bonds. The largest absolute Gasteiger partial charge is 0.477 e. The summed E-state index contributed by atoms with van der Waals surface area (Å²) in [6.45, 7) is 6.89. The molecule has 4 heteroatoms. The van der Waals surface area contributed by atoms with E-state index in [2.05, 4.69) is 25.8 Å². The molecule has 0 radical (unpaired) electrons. The third kappa shape index (κ3) is 1.67. The first kappa shape index (κ1) is 13.4. The van der Waals surface area contributed by atoms with Crippen molar-refractivity contribution in [3.63, 3.8) is 0 Å². The smallest absolute Gasteiger partial charge is 0.341 e. The predicted molar refractivity (Wildman–Crippen MR) is 74.8 cm³/mol. The third-order valence-corrected chi connectivity index (χ3v) is 5.97. The van der Waals surface area contributed by atoms with Gasteiger partial charge in [0.25, 0.3) is 0 Å². The Kier molecular flexibility index (Phi) is 2.82.